The number of nitrogens with two attached hydrogens (primary N) is 1. The van der Waals surface area contributed by atoms with Gasteiger partial charge in [0.15, 0.2) is 11.6 Å². The normalized spacial score (nSPS) is 10.1. The van der Waals surface area contributed by atoms with Crippen LogP contribution in [0.5, 0.6) is 0 Å². The molecule has 0 radical (unpaired) electrons. The van der Waals surface area contributed by atoms with Gasteiger partial charge >= 0.3 is 5.97 Å². The Morgan fingerprint density at radius 3 is 2.68 bits per heavy atom. The molecule has 2 rings (SSSR count). The first kappa shape index (κ1) is 15.6. The quantitative estimate of drug-likeness (QED) is 0.704. The molecule has 0 bridgehead atoms. The number of hydrogen-bond acceptors (Lipinski definition) is 7. The van der Waals surface area contributed by atoms with Crippen LogP contribution in [0, 0.1) is 0 Å². The van der Waals surface area contributed by atoms with Crippen LogP contribution in [0.4, 0.5) is 23.0 Å². The van der Waals surface area contributed by atoms with Crippen LogP contribution in [0.3, 0.4) is 0 Å². The third-order valence-electron chi connectivity index (χ3n) is 2.90. The van der Waals surface area contributed by atoms with Gasteiger partial charge in [-0.05, 0) is 26.0 Å². The van der Waals surface area contributed by atoms with Crippen molar-refractivity contribution in [1.29, 1.82) is 0 Å². The van der Waals surface area contributed by atoms with Gasteiger partial charge in [-0.2, -0.15) is 0 Å². The van der Waals surface area contributed by atoms with E-state index in [4.69, 9.17) is 10.5 Å². The van der Waals surface area contributed by atoms with E-state index in [1.54, 1.807) is 25.1 Å². The number of nitrogens with one attached hydrogen (secondary N) is 2. The molecule has 0 aliphatic carbocycles. The molecule has 1 aromatic carbocycles. The summed E-state index contributed by atoms with van der Waals surface area (Å²) >= 11 is 0. The van der Waals surface area contributed by atoms with E-state index in [1.165, 1.54) is 6.33 Å². The van der Waals surface area contributed by atoms with Crippen molar-refractivity contribution < 1.29 is 9.53 Å². The molecule has 22 heavy (non-hydrogen) atoms. The van der Waals surface area contributed by atoms with Crippen molar-refractivity contribution in [2.75, 3.05) is 29.5 Å². The zero-order chi connectivity index (χ0) is 15.9. The van der Waals surface area contributed by atoms with Gasteiger partial charge in [-0.3, -0.25) is 0 Å². The van der Waals surface area contributed by atoms with Crippen molar-refractivity contribution in [3.05, 3.63) is 36.2 Å². The molecule has 0 atom stereocenters. The van der Waals surface area contributed by atoms with Gasteiger partial charge in [0.1, 0.15) is 12.0 Å². The average molecular weight is 301 g/mol. The van der Waals surface area contributed by atoms with Crippen LogP contribution in [0.1, 0.15) is 24.2 Å². The molecular weight excluding hydrogens is 282 g/mol. The summed E-state index contributed by atoms with van der Waals surface area (Å²) in [6.07, 6.45) is 1.41. The molecule has 4 N–H and O–H groups in total. The number of anilines is 4. The number of nitrogen functional groups attached to an aromatic ring is 1. The van der Waals surface area contributed by atoms with Crippen molar-refractivity contribution in [2.24, 2.45) is 0 Å². The first-order valence-electron chi connectivity index (χ1n) is 7.04. The van der Waals surface area contributed by atoms with E-state index in [-0.39, 0.29) is 0 Å². The predicted octanol–water partition coefficient (Wildman–Crippen LogP) is 2.41. The number of carbonyl (C=O) groups excluding carboxylic acids is 1. The number of rotatable bonds is 6. The molecular formula is C15H19N5O2. The summed E-state index contributed by atoms with van der Waals surface area (Å²) in [7, 11) is 0. The van der Waals surface area contributed by atoms with Crippen LogP contribution >= 0.6 is 0 Å². The Labute approximate surface area is 128 Å². The van der Waals surface area contributed by atoms with E-state index in [9.17, 15) is 4.79 Å². The third-order valence-corrected chi connectivity index (χ3v) is 2.90. The Hall–Kier alpha value is -2.83. The highest BCUT2D eigenvalue weighted by Gasteiger charge is 2.14. The first-order chi connectivity index (χ1) is 10.7. The number of esters is 1. The lowest BCUT2D eigenvalue weighted by Gasteiger charge is -2.13. The Balaban J connectivity index is 2.32. The van der Waals surface area contributed by atoms with Gasteiger partial charge in [-0.1, -0.05) is 12.1 Å². The zero-order valence-electron chi connectivity index (χ0n) is 12.6. The minimum atomic E-state index is -0.398. The third kappa shape index (κ3) is 3.43. The molecule has 2 aromatic rings. The van der Waals surface area contributed by atoms with Crippen molar-refractivity contribution >= 4 is 29.0 Å². The molecule has 0 unspecified atom stereocenters. The summed E-state index contributed by atoms with van der Waals surface area (Å²) in [6, 6.07) is 7.03. The van der Waals surface area contributed by atoms with Crippen LogP contribution in [0.25, 0.3) is 0 Å². The molecule has 7 heteroatoms. The van der Waals surface area contributed by atoms with Gasteiger partial charge in [0, 0.05) is 6.54 Å². The maximum absolute atomic E-state index is 12.0. The lowest BCUT2D eigenvalue weighted by atomic mass is 10.2. The molecule has 1 heterocycles. The molecule has 116 valence electrons. The van der Waals surface area contributed by atoms with E-state index in [2.05, 4.69) is 20.6 Å². The lowest BCUT2D eigenvalue weighted by Crippen LogP contribution is -2.10. The van der Waals surface area contributed by atoms with Crippen molar-refractivity contribution in [1.82, 2.24) is 9.97 Å². The summed E-state index contributed by atoms with van der Waals surface area (Å²) < 4.78 is 5.04. The second kappa shape index (κ2) is 7.26. The Morgan fingerprint density at radius 1 is 1.23 bits per heavy atom. The maximum atomic E-state index is 12.0. The number of hydrogen-bond donors (Lipinski definition) is 3. The number of carbonyl (C=O) groups is 1. The number of aromatic nitrogens is 2. The van der Waals surface area contributed by atoms with E-state index in [1.807, 2.05) is 13.0 Å². The largest absolute Gasteiger partial charge is 0.462 e. The van der Waals surface area contributed by atoms with Gasteiger partial charge in [0.2, 0.25) is 0 Å². The van der Waals surface area contributed by atoms with Crippen LogP contribution in [-0.2, 0) is 4.74 Å². The summed E-state index contributed by atoms with van der Waals surface area (Å²) in [5.41, 5.74) is 7.43. The molecule has 7 nitrogen and oxygen atoms in total. The van der Waals surface area contributed by atoms with Gasteiger partial charge in [0.25, 0.3) is 0 Å². The summed E-state index contributed by atoms with van der Waals surface area (Å²) in [4.78, 5) is 20.2. The molecule has 0 saturated heterocycles. The van der Waals surface area contributed by atoms with Gasteiger partial charge in [-0.15, -0.1) is 0 Å². The monoisotopic (exact) mass is 301 g/mol. The molecule has 0 fully saturated rings. The number of ether oxygens (including phenoxy) is 1. The highest BCUT2D eigenvalue weighted by atomic mass is 16.5. The van der Waals surface area contributed by atoms with Gasteiger partial charge in [0.05, 0.1) is 17.9 Å². The van der Waals surface area contributed by atoms with Crippen molar-refractivity contribution in [2.45, 2.75) is 13.8 Å². The number of para-hydroxylation sites is 1. The number of nitrogens with zero attached hydrogens (tertiary/aromatic N) is 2. The summed E-state index contributed by atoms with van der Waals surface area (Å²) in [6.45, 7) is 4.72. The van der Waals surface area contributed by atoms with Gasteiger partial charge in [-0.25, -0.2) is 14.8 Å². The summed E-state index contributed by atoms with van der Waals surface area (Å²) in [5, 5.41) is 6.11. The SMILES string of the molecule is CCNc1ncnc(Nc2ccccc2C(=O)OCC)c1N. The predicted molar refractivity (Wildman–Crippen MR) is 86.3 cm³/mol. The minimum Gasteiger partial charge on any atom is -0.462 e. The molecule has 0 amide bonds. The summed E-state index contributed by atoms with van der Waals surface area (Å²) in [5.74, 6) is 0.585. The molecule has 1 aromatic heterocycles. The van der Waals surface area contributed by atoms with Crippen LogP contribution in [0.15, 0.2) is 30.6 Å². The Kier molecular flexibility index (Phi) is 5.13. The second-order valence-corrected chi connectivity index (χ2v) is 4.41. The fourth-order valence-electron chi connectivity index (χ4n) is 1.91. The fraction of sp³-hybridized carbons (Fsp3) is 0.267. The van der Waals surface area contributed by atoms with Gasteiger partial charge < -0.3 is 21.1 Å². The van der Waals surface area contributed by atoms with Crippen LogP contribution in [-0.4, -0.2) is 29.1 Å². The fourth-order valence-corrected chi connectivity index (χ4v) is 1.91. The van der Waals surface area contributed by atoms with E-state index in [0.29, 0.717) is 41.7 Å². The molecule has 0 aliphatic heterocycles. The zero-order valence-corrected chi connectivity index (χ0v) is 12.6. The highest BCUT2D eigenvalue weighted by Crippen LogP contribution is 2.27. The molecule has 0 spiro atoms. The Morgan fingerprint density at radius 2 is 1.95 bits per heavy atom. The van der Waals surface area contributed by atoms with Crippen LogP contribution in [0.2, 0.25) is 0 Å². The van der Waals surface area contributed by atoms with Crippen LogP contribution < -0.4 is 16.4 Å². The van der Waals surface area contributed by atoms with Crippen molar-refractivity contribution in [3.8, 4) is 0 Å². The van der Waals surface area contributed by atoms with Crippen molar-refractivity contribution in [3.63, 3.8) is 0 Å². The average Bonchev–Trinajstić information content (AvgIpc) is 2.52. The minimum absolute atomic E-state index is 0.313. The highest BCUT2D eigenvalue weighted by molar-refractivity contribution is 5.97. The number of benzene rings is 1. The second-order valence-electron chi connectivity index (χ2n) is 4.41. The van der Waals surface area contributed by atoms with E-state index >= 15 is 0 Å². The topological polar surface area (TPSA) is 102 Å². The standard InChI is InChI=1S/C15H19N5O2/c1-3-17-13-12(16)14(19-9-18-13)20-11-8-6-5-7-10(11)15(21)22-4-2/h5-9H,3-4,16H2,1-2H3,(H2,17,18,19,20). The first-order valence-corrected chi connectivity index (χ1v) is 7.04. The Bertz CT molecular complexity index is 660. The molecule has 0 saturated carbocycles. The lowest BCUT2D eigenvalue weighted by molar-refractivity contribution is 0.0527. The molecule has 0 aliphatic rings. The van der Waals surface area contributed by atoms with E-state index in [0.717, 1.165) is 0 Å². The maximum Gasteiger partial charge on any atom is 0.340 e. The smallest absolute Gasteiger partial charge is 0.340 e. The van der Waals surface area contributed by atoms with E-state index < -0.39 is 5.97 Å².